The van der Waals surface area contributed by atoms with Crippen molar-refractivity contribution in [3.05, 3.63) is 59.7 Å². The quantitative estimate of drug-likeness (QED) is 0.936. The number of aromatic nitrogens is 2. The molecule has 3 rings (SSSR count). The van der Waals surface area contributed by atoms with E-state index in [0.29, 0.717) is 12.8 Å². The van der Waals surface area contributed by atoms with E-state index in [1.807, 2.05) is 13.1 Å². The van der Waals surface area contributed by atoms with Crippen molar-refractivity contribution in [2.75, 3.05) is 13.1 Å². The Balaban J connectivity index is 1.69. The normalized spacial score (nSPS) is 22.3. The number of hydrogen-bond acceptors (Lipinski definition) is 3. The van der Waals surface area contributed by atoms with Crippen LogP contribution < -0.4 is 0 Å². The van der Waals surface area contributed by atoms with E-state index >= 15 is 0 Å². The SMILES string of the molecule is C=Cn1ncc(CN2CCCC(O)(c3ccc(F)cc3)CC2)c1C. The average molecular weight is 329 g/mol. The Morgan fingerprint density at radius 1 is 1.29 bits per heavy atom. The number of hydrogen-bond donors (Lipinski definition) is 1. The largest absolute Gasteiger partial charge is 0.385 e. The predicted octanol–water partition coefficient (Wildman–Crippen LogP) is 3.30. The van der Waals surface area contributed by atoms with Gasteiger partial charge in [-0.05, 0) is 50.4 Å². The zero-order valence-corrected chi connectivity index (χ0v) is 14.1. The summed E-state index contributed by atoms with van der Waals surface area (Å²) in [5.41, 5.74) is 2.22. The first-order valence-electron chi connectivity index (χ1n) is 8.38. The van der Waals surface area contributed by atoms with Crippen LogP contribution in [-0.4, -0.2) is 32.9 Å². The molecule has 2 heterocycles. The summed E-state index contributed by atoms with van der Waals surface area (Å²) in [6, 6.07) is 6.23. The van der Waals surface area contributed by atoms with Crippen LogP contribution in [0.25, 0.3) is 6.20 Å². The third-order valence-electron chi connectivity index (χ3n) is 5.00. The predicted molar refractivity (Wildman–Crippen MR) is 92.8 cm³/mol. The highest BCUT2D eigenvalue weighted by Crippen LogP contribution is 2.33. The van der Waals surface area contributed by atoms with Gasteiger partial charge in [0.2, 0.25) is 0 Å². The molecule has 0 aliphatic carbocycles. The number of aliphatic hydroxyl groups is 1. The van der Waals surface area contributed by atoms with E-state index in [-0.39, 0.29) is 5.82 Å². The molecule has 1 N–H and O–H groups in total. The molecule has 1 saturated heterocycles. The van der Waals surface area contributed by atoms with Crippen molar-refractivity contribution >= 4 is 6.20 Å². The third-order valence-corrected chi connectivity index (χ3v) is 5.00. The highest BCUT2D eigenvalue weighted by molar-refractivity contribution is 5.26. The Bertz CT molecular complexity index is 710. The van der Waals surface area contributed by atoms with Crippen molar-refractivity contribution in [3.8, 4) is 0 Å². The van der Waals surface area contributed by atoms with E-state index in [4.69, 9.17) is 0 Å². The lowest BCUT2D eigenvalue weighted by Gasteiger charge is -2.27. The third kappa shape index (κ3) is 3.42. The molecule has 1 atom stereocenters. The maximum Gasteiger partial charge on any atom is 0.123 e. The molecule has 24 heavy (non-hydrogen) atoms. The minimum absolute atomic E-state index is 0.271. The van der Waals surface area contributed by atoms with E-state index in [1.54, 1.807) is 23.0 Å². The first-order chi connectivity index (χ1) is 11.5. The van der Waals surface area contributed by atoms with Crippen LogP contribution in [0.4, 0.5) is 4.39 Å². The van der Waals surface area contributed by atoms with E-state index in [0.717, 1.165) is 37.3 Å². The molecule has 5 heteroatoms. The molecule has 1 aliphatic rings. The second-order valence-corrected chi connectivity index (χ2v) is 6.55. The average Bonchev–Trinajstić information content (AvgIpc) is 2.80. The summed E-state index contributed by atoms with van der Waals surface area (Å²) in [4.78, 5) is 2.35. The van der Waals surface area contributed by atoms with E-state index < -0.39 is 5.60 Å². The molecule has 2 aromatic rings. The van der Waals surface area contributed by atoms with Crippen molar-refractivity contribution < 1.29 is 9.50 Å². The van der Waals surface area contributed by atoms with Crippen molar-refractivity contribution in [2.24, 2.45) is 0 Å². The molecule has 4 nitrogen and oxygen atoms in total. The summed E-state index contributed by atoms with van der Waals surface area (Å²) < 4.78 is 14.9. The van der Waals surface area contributed by atoms with Crippen LogP contribution in [0.15, 0.2) is 37.0 Å². The van der Waals surface area contributed by atoms with Gasteiger partial charge >= 0.3 is 0 Å². The van der Waals surface area contributed by atoms with Gasteiger partial charge in [-0.2, -0.15) is 5.10 Å². The van der Waals surface area contributed by atoms with Gasteiger partial charge in [0, 0.05) is 30.5 Å². The molecule has 0 amide bonds. The summed E-state index contributed by atoms with van der Waals surface area (Å²) in [7, 11) is 0. The van der Waals surface area contributed by atoms with Crippen molar-refractivity contribution in [2.45, 2.75) is 38.3 Å². The van der Waals surface area contributed by atoms with Gasteiger partial charge in [0.1, 0.15) is 5.82 Å². The Labute approximate surface area is 142 Å². The lowest BCUT2D eigenvalue weighted by Crippen LogP contribution is -2.29. The zero-order chi connectivity index (χ0) is 17.2. The van der Waals surface area contributed by atoms with Crippen LogP contribution in [-0.2, 0) is 12.1 Å². The molecule has 1 unspecified atom stereocenters. The number of benzene rings is 1. The lowest BCUT2D eigenvalue weighted by molar-refractivity contribution is 0.0209. The van der Waals surface area contributed by atoms with Gasteiger partial charge in [0.25, 0.3) is 0 Å². The van der Waals surface area contributed by atoms with Crippen LogP contribution in [0.5, 0.6) is 0 Å². The minimum atomic E-state index is -0.872. The van der Waals surface area contributed by atoms with Gasteiger partial charge in [-0.3, -0.25) is 4.90 Å². The van der Waals surface area contributed by atoms with Crippen LogP contribution in [0.1, 0.15) is 36.1 Å². The van der Waals surface area contributed by atoms with Crippen LogP contribution in [0, 0.1) is 12.7 Å². The van der Waals surface area contributed by atoms with Gasteiger partial charge < -0.3 is 5.11 Å². The van der Waals surface area contributed by atoms with Gasteiger partial charge in [-0.25, -0.2) is 9.07 Å². The Hall–Kier alpha value is -1.98. The highest BCUT2D eigenvalue weighted by atomic mass is 19.1. The number of halogens is 1. The van der Waals surface area contributed by atoms with Gasteiger partial charge in [0.15, 0.2) is 0 Å². The van der Waals surface area contributed by atoms with E-state index in [9.17, 15) is 9.50 Å². The van der Waals surface area contributed by atoms with Crippen molar-refractivity contribution in [3.63, 3.8) is 0 Å². The summed E-state index contributed by atoms with van der Waals surface area (Å²) in [6.07, 6.45) is 5.83. The van der Waals surface area contributed by atoms with Crippen molar-refractivity contribution in [1.82, 2.24) is 14.7 Å². The summed E-state index contributed by atoms with van der Waals surface area (Å²) >= 11 is 0. The molecule has 1 aromatic carbocycles. The minimum Gasteiger partial charge on any atom is -0.385 e. The van der Waals surface area contributed by atoms with Gasteiger partial charge in [-0.1, -0.05) is 18.7 Å². The maximum absolute atomic E-state index is 13.1. The fourth-order valence-electron chi connectivity index (χ4n) is 3.42. The standard InChI is InChI=1S/C19H24FN3O/c1-3-23-15(2)16(13-21-23)14-22-11-4-9-19(24,10-12-22)17-5-7-18(20)8-6-17/h3,5-8,13,24H,1,4,9-12,14H2,2H3. The molecular formula is C19H24FN3O. The monoisotopic (exact) mass is 329 g/mol. The first kappa shape index (κ1) is 16.9. The zero-order valence-electron chi connectivity index (χ0n) is 14.1. The van der Waals surface area contributed by atoms with Crippen LogP contribution in [0.3, 0.4) is 0 Å². The molecule has 0 spiro atoms. The highest BCUT2D eigenvalue weighted by Gasteiger charge is 2.32. The smallest absolute Gasteiger partial charge is 0.123 e. The molecule has 0 bridgehead atoms. The number of likely N-dealkylation sites (tertiary alicyclic amines) is 1. The lowest BCUT2D eigenvalue weighted by atomic mass is 9.87. The Morgan fingerprint density at radius 2 is 2.04 bits per heavy atom. The summed E-state index contributed by atoms with van der Waals surface area (Å²) in [6.45, 7) is 8.34. The topological polar surface area (TPSA) is 41.3 Å². The van der Waals surface area contributed by atoms with Crippen molar-refractivity contribution in [1.29, 1.82) is 0 Å². The Kier molecular flexibility index (Phi) is 4.83. The van der Waals surface area contributed by atoms with Gasteiger partial charge in [0.05, 0.1) is 11.8 Å². The summed E-state index contributed by atoms with van der Waals surface area (Å²) in [5.74, 6) is -0.271. The molecule has 0 saturated carbocycles. The number of rotatable bonds is 4. The molecule has 0 radical (unpaired) electrons. The van der Waals surface area contributed by atoms with E-state index in [2.05, 4.69) is 16.6 Å². The van der Waals surface area contributed by atoms with Gasteiger partial charge in [-0.15, -0.1) is 0 Å². The fraction of sp³-hybridized carbons (Fsp3) is 0.421. The van der Waals surface area contributed by atoms with Crippen LogP contribution in [0.2, 0.25) is 0 Å². The van der Waals surface area contributed by atoms with Crippen LogP contribution >= 0.6 is 0 Å². The molecule has 1 aromatic heterocycles. The summed E-state index contributed by atoms with van der Waals surface area (Å²) in [5, 5.41) is 15.3. The molecule has 1 fully saturated rings. The second kappa shape index (κ2) is 6.87. The molecular weight excluding hydrogens is 305 g/mol. The number of nitrogens with zero attached hydrogens (tertiary/aromatic N) is 3. The van der Waals surface area contributed by atoms with E-state index in [1.165, 1.54) is 17.7 Å². The second-order valence-electron chi connectivity index (χ2n) is 6.55. The Morgan fingerprint density at radius 3 is 2.71 bits per heavy atom. The maximum atomic E-state index is 13.1. The fourth-order valence-corrected chi connectivity index (χ4v) is 3.42. The molecule has 128 valence electrons. The molecule has 1 aliphatic heterocycles. The first-order valence-corrected chi connectivity index (χ1v) is 8.38.